The Bertz CT molecular complexity index is 535. The lowest BCUT2D eigenvalue weighted by Gasteiger charge is -2.09. The van der Waals surface area contributed by atoms with Gasteiger partial charge in [-0.3, -0.25) is 9.36 Å². The summed E-state index contributed by atoms with van der Waals surface area (Å²) in [6.45, 7) is 2.14. The Balaban J connectivity index is 2.09. The van der Waals surface area contributed by atoms with Gasteiger partial charge in [-0.15, -0.1) is 0 Å². The van der Waals surface area contributed by atoms with E-state index in [0.717, 1.165) is 5.69 Å². The molecule has 1 atom stereocenters. The molecule has 0 radical (unpaired) electrons. The van der Waals surface area contributed by atoms with Crippen LogP contribution in [-0.2, 0) is 0 Å². The third-order valence-corrected chi connectivity index (χ3v) is 2.75. The summed E-state index contributed by atoms with van der Waals surface area (Å²) in [5.41, 5.74) is 1.37. The van der Waals surface area contributed by atoms with E-state index in [1.54, 1.807) is 17.8 Å². The average Bonchev–Trinajstić information content (AvgIpc) is 2.88. The van der Waals surface area contributed by atoms with Crippen molar-refractivity contribution in [2.24, 2.45) is 0 Å². The Morgan fingerprint density at radius 2 is 2.16 bits per heavy atom. The Kier molecular flexibility index (Phi) is 4.30. The second-order valence-corrected chi connectivity index (χ2v) is 4.38. The van der Waals surface area contributed by atoms with Crippen LogP contribution in [0.2, 0.25) is 0 Å². The first-order valence-electron chi connectivity index (χ1n) is 6.22. The highest BCUT2D eigenvalue weighted by Gasteiger charge is 2.12. The summed E-state index contributed by atoms with van der Waals surface area (Å²) in [4.78, 5) is 16.0. The van der Waals surface area contributed by atoms with Gasteiger partial charge in [-0.05, 0) is 25.5 Å². The number of aromatic nitrogens is 2. The summed E-state index contributed by atoms with van der Waals surface area (Å²) in [6, 6.07) is 9.56. The molecule has 0 aliphatic heterocycles. The normalized spacial score (nSPS) is 12.1. The molecule has 100 valence electrons. The molecule has 1 heterocycles. The summed E-state index contributed by atoms with van der Waals surface area (Å²) >= 11 is 0. The van der Waals surface area contributed by atoms with Gasteiger partial charge in [0.1, 0.15) is 5.69 Å². The van der Waals surface area contributed by atoms with Gasteiger partial charge in [0.25, 0.3) is 5.91 Å². The molecular weight excluding hydrogens is 242 g/mol. The Morgan fingerprint density at radius 1 is 1.42 bits per heavy atom. The van der Waals surface area contributed by atoms with Crippen molar-refractivity contribution in [1.82, 2.24) is 14.9 Å². The number of carbonyl (C=O) groups excluding carboxylic acids is 1. The summed E-state index contributed by atoms with van der Waals surface area (Å²) in [5, 5.41) is 11.9. The van der Waals surface area contributed by atoms with Crippen LogP contribution in [0.15, 0.2) is 42.9 Å². The van der Waals surface area contributed by atoms with E-state index in [4.69, 9.17) is 5.11 Å². The number of para-hydroxylation sites is 1. The molecule has 2 aromatic rings. The predicted molar refractivity (Wildman–Crippen MR) is 72.2 cm³/mol. The topological polar surface area (TPSA) is 67.2 Å². The standard InChI is InChI=1S/C14H17N3O2/c1-11(18)7-8-16-14(19)13-9-15-10-17(13)12-5-3-2-4-6-12/h2-6,9-11,18H,7-8H2,1H3,(H,16,19). The van der Waals surface area contributed by atoms with Crippen LogP contribution in [0.1, 0.15) is 23.8 Å². The molecule has 1 amide bonds. The minimum Gasteiger partial charge on any atom is -0.393 e. The summed E-state index contributed by atoms with van der Waals surface area (Å²) < 4.78 is 1.73. The number of imidazole rings is 1. The van der Waals surface area contributed by atoms with E-state index in [-0.39, 0.29) is 5.91 Å². The van der Waals surface area contributed by atoms with Crippen molar-refractivity contribution >= 4 is 5.91 Å². The van der Waals surface area contributed by atoms with E-state index in [9.17, 15) is 4.79 Å². The monoisotopic (exact) mass is 259 g/mol. The number of hydrogen-bond acceptors (Lipinski definition) is 3. The van der Waals surface area contributed by atoms with Crippen molar-refractivity contribution in [3.8, 4) is 5.69 Å². The van der Waals surface area contributed by atoms with Gasteiger partial charge in [0, 0.05) is 12.2 Å². The van der Waals surface area contributed by atoms with Gasteiger partial charge in [0.15, 0.2) is 0 Å². The van der Waals surface area contributed by atoms with E-state index < -0.39 is 6.10 Å². The molecule has 0 saturated carbocycles. The number of nitrogens with one attached hydrogen (secondary N) is 1. The zero-order chi connectivity index (χ0) is 13.7. The molecule has 5 nitrogen and oxygen atoms in total. The summed E-state index contributed by atoms with van der Waals surface area (Å²) in [7, 11) is 0. The van der Waals surface area contributed by atoms with Crippen LogP contribution in [0.4, 0.5) is 0 Å². The number of aliphatic hydroxyl groups is 1. The molecule has 0 fully saturated rings. The molecule has 19 heavy (non-hydrogen) atoms. The van der Waals surface area contributed by atoms with Crippen LogP contribution in [0, 0.1) is 0 Å². The highest BCUT2D eigenvalue weighted by molar-refractivity contribution is 5.92. The molecule has 0 aliphatic carbocycles. The zero-order valence-electron chi connectivity index (χ0n) is 10.8. The van der Waals surface area contributed by atoms with Gasteiger partial charge < -0.3 is 10.4 Å². The second kappa shape index (κ2) is 6.15. The van der Waals surface area contributed by atoms with Crippen molar-refractivity contribution in [1.29, 1.82) is 0 Å². The number of aliphatic hydroxyl groups excluding tert-OH is 1. The van der Waals surface area contributed by atoms with Crippen molar-refractivity contribution in [2.75, 3.05) is 6.54 Å². The van der Waals surface area contributed by atoms with Crippen LogP contribution in [0.25, 0.3) is 5.69 Å². The van der Waals surface area contributed by atoms with Gasteiger partial charge >= 0.3 is 0 Å². The summed E-state index contributed by atoms with van der Waals surface area (Å²) in [6.07, 6.45) is 3.26. The number of nitrogens with zero attached hydrogens (tertiary/aromatic N) is 2. The Hall–Kier alpha value is -2.14. The lowest BCUT2D eigenvalue weighted by atomic mass is 10.3. The van der Waals surface area contributed by atoms with Crippen LogP contribution in [0.5, 0.6) is 0 Å². The fourth-order valence-corrected chi connectivity index (χ4v) is 1.74. The van der Waals surface area contributed by atoms with E-state index in [0.29, 0.717) is 18.7 Å². The number of rotatable bonds is 5. The van der Waals surface area contributed by atoms with E-state index in [2.05, 4.69) is 10.3 Å². The maximum Gasteiger partial charge on any atom is 0.269 e. The molecule has 2 rings (SSSR count). The van der Waals surface area contributed by atoms with Gasteiger partial charge in [0.2, 0.25) is 0 Å². The van der Waals surface area contributed by atoms with Crippen molar-refractivity contribution in [2.45, 2.75) is 19.4 Å². The smallest absolute Gasteiger partial charge is 0.269 e. The molecule has 2 N–H and O–H groups in total. The largest absolute Gasteiger partial charge is 0.393 e. The highest BCUT2D eigenvalue weighted by Crippen LogP contribution is 2.10. The minimum absolute atomic E-state index is 0.193. The molecule has 0 aliphatic rings. The number of benzene rings is 1. The third-order valence-electron chi connectivity index (χ3n) is 2.75. The first-order chi connectivity index (χ1) is 9.18. The van der Waals surface area contributed by atoms with Crippen molar-refractivity contribution < 1.29 is 9.90 Å². The number of hydrogen-bond donors (Lipinski definition) is 2. The maximum absolute atomic E-state index is 12.0. The van der Waals surface area contributed by atoms with Gasteiger partial charge in [-0.1, -0.05) is 18.2 Å². The molecule has 0 spiro atoms. The fourth-order valence-electron chi connectivity index (χ4n) is 1.74. The van der Waals surface area contributed by atoms with Crippen LogP contribution >= 0.6 is 0 Å². The average molecular weight is 259 g/mol. The predicted octanol–water partition coefficient (Wildman–Crippen LogP) is 1.37. The zero-order valence-corrected chi connectivity index (χ0v) is 10.8. The number of amides is 1. The summed E-state index contributed by atoms with van der Waals surface area (Å²) in [5.74, 6) is -0.193. The Morgan fingerprint density at radius 3 is 2.84 bits per heavy atom. The van der Waals surface area contributed by atoms with E-state index >= 15 is 0 Å². The first-order valence-corrected chi connectivity index (χ1v) is 6.22. The van der Waals surface area contributed by atoms with Gasteiger partial charge in [0.05, 0.1) is 18.6 Å². The first kappa shape index (κ1) is 13.3. The van der Waals surface area contributed by atoms with Crippen molar-refractivity contribution in [3.05, 3.63) is 48.5 Å². The molecule has 1 aromatic heterocycles. The molecular formula is C14H17N3O2. The second-order valence-electron chi connectivity index (χ2n) is 4.38. The maximum atomic E-state index is 12.0. The van der Waals surface area contributed by atoms with Crippen molar-refractivity contribution in [3.63, 3.8) is 0 Å². The van der Waals surface area contributed by atoms with Gasteiger partial charge in [-0.2, -0.15) is 0 Å². The lowest BCUT2D eigenvalue weighted by Crippen LogP contribution is -2.28. The highest BCUT2D eigenvalue weighted by atomic mass is 16.3. The van der Waals surface area contributed by atoms with Crippen LogP contribution in [-0.4, -0.2) is 33.2 Å². The fraction of sp³-hybridized carbons (Fsp3) is 0.286. The van der Waals surface area contributed by atoms with Gasteiger partial charge in [-0.25, -0.2) is 4.98 Å². The van der Waals surface area contributed by atoms with Crippen LogP contribution in [0.3, 0.4) is 0 Å². The molecule has 5 heteroatoms. The number of carbonyl (C=O) groups is 1. The quantitative estimate of drug-likeness (QED) is 0.852. The molecule has 1 aromatic carbocycles. The molecule has 1 unspecified atom stereocenters. The third kappa shape index (κ3) is 3.42. The Labute approximate surface area is 111 Å². The van der Waals surface area contributed by atoms with E-state index in [1.807, 2.05) is 30.3 Å². The minimum atomic E-state index is -0.417. The van der Waals surface area contributed by atoms with Crippen LogP contribution < -0.4 is 5.32 Å². The SMILES string of the molecule is CC(O)CCNC(=O)c1cncn1-c1ccccc1. The lowest BCUT2D eigenvalue weighted by molar-refractivity contribution is 0.0939. The molecule has 0 bridgehead atoms. The van der Waals surface area contributed by atoms with E-state index in [1.165, 1.54) is 6.20 Å². The molecule has 0 saturated heterocycles.